The average molecular weight is 238 g/mol. The van der Waals surface area contributed by atoms with Crippen LogP contribution in [-0.2, 0) is 11.2 Å². The van der Waals surface area contributed by atoms with Crippen LogP contribution in [0.1, 0.15) is 11.3 Å². The van der Waals surface area contributed by atoms with Gasteiger partial charge in [-0.05, 0) is 29.8 Å². The Morgan fingerprint density at radius 3 is 2.56 bits per heavy atom. The molecule has 2 rings (SSSR count). The number of carbonyl (C=O) groups is 1. The topological polar surface area (TPSA) is 56.0 Å². The van der Waals surface area contributed by atoms with Gasteiger partial charge >= 0.3 is 0 Å². The van der Waals surface area contributed by atoms with Gasteiger partial charge in [-0.15, -0.1) is 0 Å². The van der Waals surface area contributed by atoms with Crippen LogP contribution < -0.4 is 5.73 Å². The maximum atomic E-state index is 11.1. The highest BCUT2D eigenvalue weighted by atomic mass is 16.1. The molecule has 0 bridgehead atoms. The summed E-state index contributed by atoms with van der Waals surface area (Å²) in [5, 5.41) is 0. The van der Waals surface area contributed by atoms with Crippen molar-refractivity contribution >= 4 is 17.5 Å². The number of nitrogens with zero attached hydrogens (tertiary/aromatic N) is 1. The third-order valence-electron chi connectivity index (χ3n) is 2.63. The molecule has 1 heterocycles. The number of allylic oxidation sites excluding steroid dienone is 2. The molecule has 3 heteroatoms. The third-order valence-corrected chi connectivity index (χ3v) is 2.63. The van der Waals surface area contributed by atoms with Crippen molar-refractivity contribution in [3.63, 3.8) is 0 Å². The van der Waals surface area contributed by atoms with Crippen molar-refractivity contribution in [1.29, 1.82) is 0 Å². The lowest BCUT2D eigenvalue weighted by Crippen LogP contribution is -1.91. The van der Waals surface area contributed by atoms with Crippen LogP contribution in [0.4, 0.5) is 5.69 Å². The molecular weight excluding hydrogens is 224 g/mol. The fraction of sp³-hybridized carbons (Fsp3) is 0.0667. The van der Waals surface area contributed by atoms with Crippen LogP contribution in [0.25, 0.3) is 5.57 Å². The van der Waals surface area contributed by atoms with Gasteiger partial charge in [-0.3, -0.25) is 9.78 Å². The van der Waals surface area contributed by atoms with E-state index in [0.717, 1.165) is 17.5 Å². The summed E-state index contributed by atoms with van der Waals surface area (Å²) in [5.41, 5.74) is 8.77. The number of benzene rings is 1. The molecule has 0 aliphatic rings. The summed E-state index contributed by atoms with van der Waals surface area (Å²) in [4.78, 5) is 15.3. The lowest BCUT2D eigenvalue weighted by Gasteiger charge is -2.01. The van der Waals surface area contributed by atoms with Crippen molar-refractivity contribution in [2.75, 3.05) is 5.73 Å². The van der Waals surface area contributed by atoms with E-state index in [9.17, 15) is 4.79 Å². The first-order valence-corrected chi connectivity index (χ1v) is 5.71. The zero-order valence-corrected chi connectivity index (χ0v) is 9.91. The minimum Gasteiger partial charge on any atom is -0.399 e. The third kappa shape index (κ3) is 3.04. The van der Waals surface area contributed by atoms with Crippen LogP contribution in [0.3, 0.4) is 0 Å². The molecule has 2 aromatic rings. The van der Waals surface area contributed by atoms with Crippen LogP contribution in [0, 0.1) is 0 Å². The average Bonchev–Trinajstić information content (AvgIpc) is 2.42. The van der Waals surface area contributed by atoms with Crippen molar-refractivity contribution < 1.29 is 4.79 Å². The largest absolute Gasteiger partial charge is 0.399 e. The molecule has 90 valence electrons. The van der Waals surface area contributed by atoms with E-state index in [-0.39, 0.29) is 0 Å². The summed E-state index contributed by atoms with van der Waals surface area (Å²) in [7, 11) is 0. The summed E-state index contributed by atoms with van der Waals surface area (Å²) >= 11 is 0. The molecule has 0 atom stereocenters. The van der Waals surface area contributed by atoms with Gasteiger partial charge in [-0.2, -0.15) is 0 Å². The fourth-order valence-electron chi connectivity index (χ4n) is 1.64. The highest BCUT2D eigenvalue weighted by Crippen LogP contribution is 2.15. The van der Waals surface area contributed by atoms with Gasteiger partial charge in [0.05, 0.1) is 0 Å². The molecule has 2 N–H and O–H groups in total. The molecule has 1 aromatic carbocycles. The van der Waals surface area contributed by atoms with E-state index >= 15 is 0 Å². The Morgan fingerprint density at radius 1 is 1.17 bits per heavy atom. The van der Waals surface area contributed by atoms with Gasteiger partial charge in [0.25, 0.3) is 0 Å². The second-order valence-electron chi connectivity index (χ2n) is 3.92. The number of pyridine rings is 1. The van der Waals surface area contributed by atoms with Gasteiger partial charge < -0.3 is 5.73 Å². The van der Waals surface area contributed by atoms with Gasteiger partial charge in [0.2, 0.25) is 0 Å². The lowest BCUT2D eigenvalue weighted by atomic mass is 10.0. The summed E-state index contributed by atoms with van der Waals surface area (Å²) in [5.74, 6) is 0. The first kappa shape index (κ1) is 12.0. The molecule has 1 aromatic heterocycles. The molecule has 0 unspecified atom stereocenters. The molecular formula is C15H14N2O. The van der Waals surface area contributed by atoms with Crippen molar-refractivity contribution in [3.05, 3.63) is 66.0 Å². The number of rotatable bonds is 4. The molecule has 0 radical (unpaired) electrons. The predicted molar refractivity (Wildman–Crippen MR) is 72.8 cm³/mol. The maximum Gasteiger partial charge on any atom is 0.150 e. The van der Waals surface area contributed by atoms with Gasteiger partial charge in [0.15, 0.2) is 0 Å². The highest BCUT2D eigenvalue weighted by Gasteiger charge is 2.00. The monoisotopic (exact) mass is 238 g/mol. The molecule has 0 aliphatic heterocycles. The quantitative estimate of drug-likeness (QED) is 0.506. The summed E-state index contributed by atoms with van der Waals surface area (Å²) < 4.78 is 0. The number of hydrogen-bond acceptors (Lipinski definition) is 3. The molecule has 0 saturated heterocycles. The summed E-state index contributed by atoms with van der Waals surface area (Å²) in [6.07, 6.45) is 5.11. The lowest BCUT2D eigenvalue weighted by molar-refractivity contribution is -0.103. The number of aromatic nitrogens is 1. The van der Waals surface area contributed by atoms with Crippen LogP contribution in [-0.4, -0.2) is 11.3 Å². The SMILES string of the molecule is Nc1ccc(/C(C=O)=C\Cc2ccccn2)cc1. The minimum atomic E-state index is 0.638. The number of hydrogen-bond donors (Lipinski definition) is 1. The number of nitrogens with two attached hydrogens (primary N) is 1. The second-order valence-corrected chi connectivity index (χ2v) is 3.92. The highest BCUT2D eigenvalue weighted by molar-refractivity contribution is 6.06. The van der Waals surface area contributed by atoms with Crippen LogP contribution in [0.2, 0.25) is 0 Å². The van der Waals surface area contributed by atoms with E-state index in [4.69, 9.17) is 5.73 Å². The normalized spacial score (nSPS) is 11.2. The fourth-order valence-corrected chi connectivity index (χ4v) is 1.64. The van der Waals surface area contributed by atoms with E-state index in [1.54, 1.807) is 18.3 Å². The number of nitrogen functional groups attached to an aromatic ring is 1. The first-order chi connectivity index (χ1) is 8.79. The Hall–Kier alpha value is -2.42. The standard InChI is InChI=1S/C15H14N2O/c16-14-7-4-12(5-8-14)13(11-18)6-9-15-3-1-2-10-17-15/h1-8,10-11H,9,16H2/b13-6-. The van der Waals surface area contributed by atoms with E-state index in [1.165, 1.54) is 0 Å². The molecule has 0 saturated carbocycles. The Labute approximate surface area is 106 Å². The van der Waals surface area contributed by atoms with Gasteiger partial charge in [-0.1, -0.05) is 24.3 Å². The molecule has 18 heavy (non-hydrogen) atoms. The van der Waals surface area contributed by atoms with E-state index in [0.29, 0.717) is 17.7 Å². The number of anilines is 1. The molecule has 3 nitrogen and oxygen atoms in total. The number of carbonyl (C=O) groups excluding carboxylic acids is 1. The van der Waals surface area contributed by atoms with Gasteiger partial charge in [0, 0.05) is 29.6 Å². The van der Waals surface area contributed by atoms with Gasteiger partial charge in [-0.25, -0.2) is 0 Å². The van der Waals surface area contributed by atoms with E-state index in [1.807, 2.05) is 36.4 Å². The Bertz CT molecular complexity index is 544. The van der Waals surface area contributed by atoms with Crippen LogP contribution in [0.5, 0.6) is 0 Å². The van der Waals surface area contributed by atoms with Crippen molar-refractivity contribution in [2.45, 2.75) is 6.42 Å². The molecule has 0 spiro atoms. The van der Waals surface area contributed by atoms with E-state index < -0.39 is 0 Å². The zero-order chi connectivity index (χ0) is 12.8. The molecule has 0 amide bonds. The number of aldehydes is 1. The van der Waals surface area contributed by atoms with Crippen LogP contribution in [0.15, 0.2) is 54.7 Å². The van der Waals surface area contributed by atoms with Crippen molar-refractivity contribution in [3.8, 4) is 0 Å². The second kappa shape index (κ2) is 5.77. The molecule has 0 fully saturated rings. The van der Waals surface area contributed by atoms with Gasteiger partial charge in [0.1, 0.15) is 6.29 Å². The zero-order valence-electron chi connectivity index (χ0n) is 9.91. The summed E-state index contributed by atoms with van der Waals surface area (Å²) in [6, 6.07) is 13.0. The van der Waals surface area contributed by atoms with Crippen LogP contribution >= 0.6 is 0 Å². The Kier molecular flexibility index (Phi) is 3.86. The van der Waals surface area contributed by atoms with E-state index in [2.05, 4.69) is 4.98 Å². The first-order valence-electron chi connectivity index (χ1n) is 5.71. The molecule has 0 aliphatic carbocycles. The smallest absolute Gasteiger partial charge is 0.150 e. The summed E-state index contributed by atoms with van der Waals surface area (Å²) in [6.45, 7) is 0. The Morgan fingerprint density at radius 2 is 1.94 bits per heavy atom. The predicted octanol–water partition coefficient (Wildman–Crippen LogP) is 2.49. The van der Waals surface area contributed by atoms with Crippen molar-refractivity contribution in [2.24, 2.45) is 0 Å². The minimum absolute atomic E-state index is 0.638. The Balaban J connectivity index is 2.18. The van der Waals surface area contributed by atoms with Crippen molar-refractivity contribution in [1.82, 2.24) is 4.98 Å². The maximum absolute atomic E-state index is 11.1.